The molecule has 1 heterocycles. The molecule has 0 aliphatic carbocycles. The first-order chi connectivity index (χ1) is 8.90. The molecule has 0 radical (unpaired) electrons. The Kier molecular flexibility index (Phi) is 5.61. The summed E-state index contributed by atoms with van der Waals surface area (Å²) in [7, 11) is -0.177. The van der Waals surface area contributed by atoms with Crippen molar-refractivity contribution >= 4 is 16.0 Å². The van der Waals surface area contributed by atoms with Gasteiger partial charge in [0.2, 0.25) is 16.0 Å². The molecule has 0 spiro atoms. The first-order valence-electron chi connectivity index (χ1n) is 6.27. The number of sulfonamides is 1. The maximum atomic E-state index is 11.6. The van der Waals surface area contributed by atoms with E-state index >= 15 is 0 Å². The van der Waals surface area contributed by atoms with Crippen LogP contribution in [-0.2, 0) is 22.9 Å². The van der Waals surface area contributed by atoms with E-state index in [0.29, 0.717) is 5.95 Å². The number of aryl methyl sites for hydroxylation is 2. The molecule has 1 rings (SSSR count). The van der Waals surface area contributed by atoms with Crippen molar-refractivity contribution in [2.24, 2.45) is 0 Å². The fraction of sp³-hybridized carbons (Fsp3) is 0.727. The molecule has 0 atom stereocenters. The van der Waals surface area contributed by atoms with Crippen molar-refractivity contribution in [2.45, 2.75) is 26.7 Å². The second-order valence-corrected chi connectivity index (χ2v) is 6.56. The van der Waals surface area contributed by atoms with Crippen molar-refractivity contribution in [2.75, 3.05) is 31.7 Å². The number of hydrogen-bond acceptors (Lipinski definition) is 6. The first kappa shape index (κ1) is 15.8. The summed E-state index contributed by atoms with van der Waals surface area (Å²) >= 11 is 0. The van der Waals surface area contributed by atoms with Crippen LogP contribution in [0.3, 0.4) is 0 Å². The number of nitrogens with zero attached hydrogens (tertiary/aromatic N) is 4. The van der Waals surface area contributed by atoms with E-state index in [-0.39, 0.29) is 12.3 Å². The summed E-state index contributed by atoms with van der Waals surface area (Å²) in [4.78, 5) is 4.33. The fourth-order valence-corrected chi connectivity index (χ4v) is 2.21. The van der Waals surface area contributed by atoms with Gasteiger partial charge in [0.1, 0.15) is 0 Å². The molecular formula is C11H21N5O2S. The van der Waals surface area contributed by atoms with Crippen LogP contribution in [-0.4, -0.2) is 54.3 Å². The molecule has 0 bridgehead atoms. The number of rotatable bonds is 7. The molecule has 8 heteroatoms. The highest BCUT2D eigenvalue weighted by Crippen LogP contribution is 2.06. The lowest BCUT2D eigenvalue weighted by molar-refractivity contribution is 0.521. The molecule has 108 valence electrons. The van der Waals surface area contributed by atoms with Crippen molar-refractivity contribution in [1.29, 1.82) is 0 Å². The van der Waals surface area contributed by atoms with Gasteiger partial charge in [-0.15, -0.1) is 5.10 Å². The Labute approximate surface area is 114 Å². The number of aromatic nitrogens is 3. The van der Waals surface area contributed by atoms with Gasteiger partial charge in [-0.05, 0) is 12.8 Å². The Bertz CT molecular complexity index is 516. The van der Waals surface area contributed by atoms with Crippen LogP contribution in [0.5, 0.6) is 0 Å². The third kappa shape index (κ3) is 4.39. The lowest BCUT2D eigenvalue weighted by Crippen LogP contribution is -2.28. The SMILES string of the molecule is CCc1nnc(NCCS(=O)(=O)N(C)C)nc1CC. The van der Waals surface area contributed by atoms with Gasteiger partial charge in [-0.1, -0.05) is 13.8 Å². The smallest absolute Gasteiger partial charge is 0.243 e. The molecule has 0 unspecified atom stereocenters. The van der Waals surface area contributed by atoms with E-state index in [9.17, 15) is 8.42 Å². The Morgan fingerprint density at radius 1 is 1.11 bits per heavy atom. The van der Waals surface area contributed by atoms with Gasteiger partial charge >= 0.3 is 0 Å². The maximum Gasteiger partial charge on any atom is 0.243 e. The molecule has 0 fully saturated rings. The fourth-order valence-electron chi connectivity index (χ4n) is 1.49. The van der Waals surface area contributed by atoms with Gasteiger partial charge in [-0.2, -0.15) is 5.10 Å². The van der Waals surface area contributed by atoms with Crippen molar-refractivity contribution < 1.29 is 8.42 Å². The standard InChI is InChI=1S/C11H21N5O2S/c1-5-9-10(6-2)14-15-11(13-9)12-7-8-19(17,18)16(3)4/h5-8H2,1-4H3,(H,12,13,15). The van der Waals surface area contributed by atoms with E-state index in [4.69, 9.17) is 0 Å². The number of anilines is 1. The zero-order chi connectivity index (χ0) is 14.5. The average Bonchev–Trinajstić information content (AvgIpc) is 2.38. The van der Waals surface area contributed by atoms with E-state index in [1.807, 2.05) is 13.8 Å². The quantitative estimate of drug-likeness (QED) is 0.776. The summed E-state index contributed by atoms with van der Waals surface area (Å²) < 4.78 is 24.3. The minimum atomic E-state index is -3.20. The molecule has 0 saturated heterocycles. The van der Waals surface area contributed by atoms with Crippen LogP contribution in [0, 0.1) is 0 Å². The van der Waals surface area contributed by atoms with E-state index in [1.54, 1.807) is 0 Å². The van der Waals surface area contributed by atoms with Crippen LogP contribution in [0.4, 0.5) is 5.95 Å². The van der Waals surface area contributed by atoms with Crippen molar-refractivity contribution in [1.82, 2.24) is 19.5 Å². The highest BCUT2D eigenvalue weighted by Gasteiger charge is 2.13. The third-order valence-electron chi connectivity index (χ3n) is 2.71. The largest absolute Gasteiger partial charge is 0.352 e. The lowest BCUT2D eigenvalue weighted by Gasteiger charge is -2.12. The Morgan fingerprint density at radius 2 is 1.74 bits per heavy atom. The Balaban J connectivity index is 2.64. The average molecular weight is 287 g/mol. The first-order valence-corrected chi connectivity index (χ1v) is 7.88. The zero-order valence-electron chi connectivity index (χ0n) is 11.8. The normalized spacial score (nSPS) is 11.8. The van der Waals surface area contributed by atoms with Gasteiger partial charge in [-0.3, -0.25) is 0 Å². The summed E-state index contributed by atoms with van der Waals surface area (Å²) in [5.41, 5.74) is 1.78. The molecule has 7 nitrogen and oxygen atoms in total. The number of nitrogens with one attached hydrogen (secondary N) is 1. The zero-order valence-corrected chi connectivity index (χ0v) is 12.7. The van der Waals surface area contributed by atoms with Gasteiger partial charge in [0.25, 0.3) is 0 Å². The minimum Gasteiger partial charge on any atom is -0.352 e. The van der Waals surface area contributed by atoms with E-state index in [0.717, 1.165) is 24.2 Å². The molecule has 0 aromatic carbocycles. The topological polar surface area (TPSA) is 88.1 Å². The van der Waals surface area contributed by atoms with Gasteiger partial charge in [-0.25, -0.2) is 17.7 Å². The van der Waals surface area contributed by atoms with Crippen LogP contribution in [0.1, 0.15) is 25.2 Å². The van der Waals surface area contributed by atoms with Crippen molar-refractivity contribution in [3.05, 3.63) is 11.4 Å². The molecule has 19 heavy (non-hydrogen) atoms. The van der Waals surface area contributed by atoms with Crippen molar-refractivity contribution in [3.8, 4) is 0 Å². The van der Waals surface area contributed by atoms with Crippen LogP contribution in [0.15, 0.2) is 0 Å². The summed E-state index contributed by atoms with van der Waals surface area (Å²) in [5.74, 6) is 0.378. The van der Waals surface area contributed by atoms with Crippen LogP contribution in [0.25, 0.3) is 0 Å². The van der Waals surface area contributed by atoms with Crippen LogP contribution < -0.4 is 5.32 Å². The second kappa shape index (κ2) is 6.76. The van der Waals surface area contributed by atoms with E-state index < -0.39 is 10.0 Å². The number of hydrogen-bond donors (Lipinski definition) is 1. The second-order valence-electron chi connectivity index (χ2n) is 4.26. The molecule has 1 aromatic heterocycles. The molecular weight excluding hydrogens is 266 g/mol. The predicted molar refractivity (Wildman–Crippen MR) is 74.5 cm³/mol. The van der Waals surface area contributed by atoms with Crippen LogP contribution >= 0.6 is 0 Å². The van der Waals surface area contributed by atoms with Gasteiger partial charge < -0.3 is 5.32 Å². The van der Waals surface area contributed by atoms with Gasteiger partial charge in [0.05, 0.1) is 17.1 Å². The summed E-state index contributed by atoms with van der Waals surface area (Å²) in [6, 6.07) is 0. The van der Waals surface area contributed by atoms with E-state index in [1.165, 1.54) is 18.4 Å². The highest BCUT2D eigenvalue weighted by molar-refractivity contribution is 7.89. The van der Waals surface area contributed by atoms with Crippen molar-refractivity contribution in [3.63, 3.8) is 0 Å². The molecule has 0 saturated carbocycles. The monoisotopic (exact) mass is 287 g/mol. The van der Waals surface area contributed by atoms with E-state index in [2.05, 4.69) is 20.5 Å². The Morgan fingerprint density at radius 3 is 2.26 bits per heavy atom. The molecule has 0 amide bonds. The minimum absolute atomic E-state index is 0.000345. The predicted octanol–water partition coefficient (Wildman–Crippen LogP) is 0.300. The highest BCUT2D eigenvalue weighted by atomic mass is 32.2. The summed E-state index contributed by atoms with van der Waals surface area (Å²) in [5, 5.41) is 10.9. The van der Waals surface area contributed by atoms with Crippen LogP contribution in [0.2, 0.25) is 0 Å². The van der Waals surface area contributed by atoms with Gasteiger partial charge in [0.15, 0.2) is 0 Å². The summed E-state index contributed by atoms with van der Waals surface area (Å²) in [6.45, 7) is 4.27. The Hall–Kier alpha value is -1.28. The maximum absolute atomic E-state index is 11.6. The molecule has 0 aliphatic heterocycles. The lowest BCUT2D eigenvalue weighted by atomic mass is 10.2. The third-order valence-corrected chi connectivity index (χ3v) is 4.54. The molecule has 1 aromatic rings. The summed E-state index contributed by atoms with van der Waals surface area (Å²) in [6.07, 6.45) is 1.57. The molecule has 1 N–H and O–H groups in total. The van der Waals surface area contributed by atoms with Gasteiger partial charge in [0, 0.05) is 20.6 Å². The molecule has 0 aliphatic rings.